The molecule has 4 rings (SSSR count). The lowest BCUT2D eigenvalue weighted by atomic mass is 9.98. The number of hydrogen-bond donors (Lipinski definition) is 2. The van der Waals surface area contributed by atoms with E-state index in [0.717, 1.165) is 0 Å². The SMILES string of the molecule is COCOc1cc(OCC(O)CO)cc2c1C(=O)OC(C)[C@H](C)/C=C\C(OC(=O)c1ccccc1)C1OC(C)(C)OC1CC=C2. The average Bonchev–Trinajstić information content (AvgIpc) is 3.33. The van der Waals surface area contributed by atoms with Gasteiger partial charge in [-0.2, -0.15) is 0 Å². The van der Waals surface area contributed by atoms with Crippen LogP contribution < -0.4 is 9.47 Å². The van der Waals surface area contributed by atoms with E-state index in [2.05, 4.69) is 0 Å². The second-order valence-electron chi connectivity index (χ2n) is 11.5. The number of carbonyl (C=O) groups excluding carboxylic acids is 2. The Bertz CT molecular complexity index is 1350. The molecule has 1 fully saturated rings. The molecule has 1 saturated heterocycles. The first kappa shape index (κ1) is 34.1. The van der Waals surface area contributed by atoms with E-state index in [4.69, 9.17) is 33.2 Å². The first-order valence-corrected chi connectivity index (χ1v) is 14.9. The zero-order valence-corrected chi connectivity index (χ0v) is 26.2. The van der Waals surface area contributed by atoms with Crippen LogP contribution in [-0.4, -0.2) is 85.6 Å². The van der Waals surface area contributed by atoms with Gasteiger partial charge in [0.25, 0.3) is 0 Å². The fourth-order valence-electron chi connectivity index (χ4n) is 4.94. The molecule has 2 aliphatic rings. The molecule has 2 aromatic carbocycles. The summed E-state index contributed by atoms with van der Waals surface area (Å²) < 4.78 is 41.0. The van der Waals surface area contributed by atoms with Crippen molar-refractivity contribution in [3.63, 3.8) is 0 Å². The van der Waals surface area contributed by atoms with Gasteiger partial charge in [0.05, 0.1) is 18.3 Å². The highest BCUT2D eigenvalue weighted by Gasteiger charge is 2.45. The van der Waals surface area contributed by atoms with Gasteiger partial charge >= 0.3 is 11.9 Å². The van der Waals surface area contributed by atoms with E-state index in [-0.39, 0.29) is 30.6 Å². The number of carbonyl (C=O) groups is 2. The second kappa shape index (κ2) is 15.5. The van der Waals surface area contributed by atoms with Crippen molar-refractivity contribution in [2.75, 3.05) is 27.1 Å². The fourth-order valence-corrected chi connectivity index (χ4v) is 4.94. The molecule has 0 aliphatic carbocycles. The predicted octanol–water partition coefficient (Wildman–Crippen LogP) is 4.30. The Balaban J connectivity index is 1.74. The number of hydrogen-bond acceptors (Lipinski definition) is 11. The molecule has 6 atom stereocenters. The van der Waals surface area contributed by atoms with Crippen LogP contribution in [0.5, 0.6) is 11.5 Å². The Morgan fingerprint density at radius 1 is 1.09 bits per heavy atom. The highest BCUT2D eigenvalue weighted by molar-refractivity contribution is 5.97. The van der Waals surface area contributed by atoms with Crippen molar-refractivity contribution in [2.45, 2.75) is 70.4 Å². The molecule has 5 unspecified atom stereocenters. The van der Waals surface area contributed by atoms with Crippen LogP contribution in [0, 0.1) is 5.92 Å². The van der Waals surface area contributed by atoms with E-state index in [1.807, 2.05) is 25.1 Å². The third-order valence-electron chi connectivity index (χ3n) is 7.40. The van der Waals surface area contributed by atoms with Crippen molar-refractivity contribution in [3.05, 3.63) is 77.4 Å². The molecule has 11 heteroatoms. The first-order valence-electron chi connectivity index (χ1n) is 14.9. The lowest BCUT2D eigenvalue weighted by Gasteiger charge is -2.26. The number of cyclic esters (lactones) is 1. The normalized spacial score (nSPS) is 26.0. The molecule has 0 aromatic heterocycles. The number of aliphatic hydroxyl groups excluding tert-OH is 2. The van der Waals surface area contributed by atoms with Crippen LogP contribution in [0.2, 0.25) is 0 Å². The molecule has 2 N–H and O–H groups in total. The van der Waals surface area contributed by atoms with Gasteiger partial charge in [0.2, 0.25) is 0 Å². The number of methoxy groups -OCH3 is 1. The zero-order valence-electron chi connectivity index (χ0n) is 26.2. The summed E-state index contributed by atoms with van der Waals surface area (Å²) in [6, 6.07) is 11.8. The van der Waals surface area contributed by atoms with Crippen molar-refractivity contribution in [3.8, 4) is 11.5 Å². The van der Waals surface area contributed by atoms with Gasteiger partial charge in [-0.15, -0.1) is 0 Å². The van der Waals surface area contributed by atoms with E-state index in [9.17, 15) is 19.8 Å². The van der Waals surface area contributed by atoms with Crippen molar-refractivity contribution in [1.29, 1.82) is 0 Å². The number of aliphatic hydroxyl groups is 2. The van der Waals surface area contributed by atoms with Gasteiger partial charge in [0.1, 0.15) is 48.1 Å². The quantitative estimate of drug-likeness (QED) is 0.234. The van der Waals surface area contributed by atoms with Crippen LogP contribution in [0.15, 0.2) is 60.7 Å². The molecule has 0 bridgehead atoms. The summed E-state index contributed by atoms with van der Waals surface area (Å²) in [5.41, 5.74) is 0.993. The molecule has 0 saturated carbocycles. The molecule has 0 amide bonds. The molecule has 11 nitrogen and oxygen atoms in total. The smallest absolute Gasteiger partial charge is 0.342 e. The summed E-state index contributed by atoms with van der Waals surface area (Å²) >= 11 is 0. The van der Waals surface area contributed by atoms with Crippen molar-refractivity contribution in [2.24, 2.45) is 5.92 Å². The molecule has 0 spiro atoms. The Kier molecular flexibility index (Phi) is 11.8. The summed E-state index contributed by atoms with van der Waals surface area (Å²) in [4.78, 5) is 26.8. The van der Waals surface area contributed by atoms with Crippen LogP contribution in [0.4, 0.5) is 0 Å². The fraction of sp³-hybridized carbons (Fsp3) is 0.471. The molecular formula is C34H42O11. The van der Waals surface area contributed by atoms with E-state index in [1.165, 1.54) is 13.2 Å². The molecule has 0 radical (unpaired) electrons. The second-order valence-corrected chi connectivity index (χ2v) is 11.5. The first-order chi connectivity index (χ1) is 21.5. The number of ether oxygens (including phenoxy) is 7. The summed E-state index contributed by atoms with van der Waals surface area (Å²) in [6.45, 7) is 6.45. The number of fused-ring (bicyclic) bond motifs is 2. The number of benzene rings is 2. The lowest BCUT2D eigenvalue weighted by Crippen LogP contribution is -2.37. The molecule has 2 heterocycles. The van der Waals surface area contributed by atoms with Gasteiger partial charge in [-0.3, -0.25) is 0 Å². The molecule has 2 aromatic rings. The van der Waals surface area contributed by atoms with Gasteiger partial charge in [-0.1, -0.05) is 43.4 Å². The largest absolute Gasteiger partial charge is 0.491 e. The van der Waals surface area contributed by atoms with Crippen molar-refractivity contribution < 1.29 is 53.0 Å². The van der Waals surface area contributed by atoms with E-state index in [0.29, 0.717) is 23.3 Å². The Labute approximate surface area is 263 Å². The Morgan fingerprint density at radius 2 is 1.84 bits per heavy atom. The maximum Gasteiger partial charge on any atom is 0.342 e. The maximum absolute atomic E-state index is 13.6. The van der Waals surface area contributed by atoms with Crippen LogP contribution >= 0.6 is 0 Å². The van der Waals surface area contributed by atoms with Crippen LogP contribution in [-0.2, 0) is 23.7 Å². The highest BCUT2D eigenvalue weighted by Crippen LogP contribution is 2.36. The van der Waals surface area contributed by atoms with Gasteiger partial charge < -0.3 is 43.4 Å². The predicted molar refractivity (Wildman–Crippen MR) is 164 cm³/mol. The maximum atomic E-state index is 13.6. The van der Waals surface area contributed by atoms with Gasteiger partial charge in [-0.25, -0.2) is 9.59 Å². The monoisotopic (exact) mass is 626 g/mol. The minimum absolute atomic E-state index is 0.145. The summed E-state index contributed by atoms with van der Waals surface area (Å²) in [5, 5.41) is 19.0. The third-order valence-corrected chi connectivity index (χ3v) is 7.40. The highest BCUT2D eigenvalue weighted by atomic mass is 16.8. The van der Waals surface area contributed by atoms with E-state index < -0.39 is 54.9 Å². The van der Waals surface area contributed by atoms with Crippen molar-refractivity contribution >= 4 is 18.0 Å². The number of rotatable bonds is 9. The minimum atomic E-state index is -1.10. The Hall–Kier alpha value is -3.74. The average molecular weight is 627 g/mol. The molecule has 45 heavy (non-hydrogen) atoms. The molecule has 244 valence electrons. The summed E-state index contributed by atoms with van der Waals surface area (Å²) in [6.07, 6.45) is 3.84. The lowest BCUT2D eigenvalue weighted by molar-refractivity contribution is -0.152. The van der Waals surface area contributed by atoms with E-state index in [1.54, 1.807) is 63.3 Å². The zero-order chi connectivity index (χ0) is 32.6. The third kappa shape index (κ3) is 9.15. The Morgan fingerprint density at radius 3 is 2.56 bits per heavy atom. The topological polar surface area (TPSA) is 139 Å². The van der Waals surface area contributed by atoms with Crippen LogP contribution in [0.1, 0.15) is 60.4 Å². The van der Waals surface area contributed by atoms with Crippen LogP contribution in [0.3, 0.4) is 0 Å². The van der Waals surface area contributed by atoms with Crippen molar-refractivity contribution in [1.82, 2.24) is 0 Å². The molecule has 2 aliphatic heterocycles. The van der Waals surface area contributed by atoms with Gasteiger partial charge in [0.15, 0.2) is 12.6 Å². The summed E-state index contributed by atoms with van der Waals surface area (Å²) in [7, 11) is 1.46. The standard InChI is InChI=1S/C34H42O11/c1-21-14-15-27(43-32(37)23-10-7-6-8-11-23)31-28(44-34(3,4)45-31)13-9-12-24-16-26(40-19-25(36)18-35)17-29(41-20-39-5)30(24)33(38)42-22(21)2/h6-12,14-17,21-22,25,27-28,31,35-36H,13,18-20H2,1-5H3/b12-9?,15-14-/t21-,22?,25?,27?,28?,31?/m1/s1. The number of esters is 2. The van der Waals surface area contributed by atoms with E-state index >= 15 is 0 Å². The summed E-state index contributed by atoms with van der Waals surface area (Å²) in [5.74, 6) is -1.91. The van der Waals surface area contributed by atoms with Crippen LogP contribution in [0.25, 0.3) is 6.08 Å². The molecular weight excluding hydrogens is 584 g/mol. The minimum Gasteiger partial charge on any atom is -0.491 e. The van der Waals surface area contributed by atoms with Gasteiger partial charge in [-0.05, 0) is 57.0 Å². The van der Waals surface area contributed by atoms with Gasteiger partial charge in [0, 0.05) is 19.1 Å².